The van der Waals surface area contributed by atoms with Gasteiger partial charge >= 0.3 is 0 Å². The Morgan fingerprint density at radius 1 is 1.75 bits per heavy atom. The first-order valence-corrected chi connectivity index (χ1v) is 5.06. The molecule has 6 nitrogen and oxygen atoms in total. The van der Waals surface area contributed by atoms with Crippen molar-refractivity contribution in [2.45, 2.75) is 6.54 Å². The van der Waals surface area contributed by atoms with Crippen molar-refractivity contribution in [3.63, 3.8) is 0 Å². The van der Waals surface area contributed by atoms with Crippen LogP contribution in [0.15, 0.2) is 15.5 Å². The molecule has 0 unspecified atom stereocenters. The lowest BCUT2D eigenvalue weighted by Crippen LogP contribution is -2.26. The number of primary amides is 1. The van der Waals surface area contributed by atoms with Crippen LogP contribution in [0.1, 0.15) is 0 Å². The quantitative estimate of drug-likeness (QED) is 0.732. The lowest BCUT2D eigenvalue weighted by molar-refractivity contribution is -0.116. The predicted octanol–water partition coefficient (Wildman–Crippen LogP) is -0.464. The Labute approximate surface area is 100.0 Å². The average molecular weight is 285 g/mol. The monoisotopic (exact) mass is 284 g/mol. The zero-order valence-corrected chi connectivity index (χ0v) is 9.82. The lowest BCUT2D eigenvalue weighted by atomic mass is 10.4. The van der Waals surface area contributed by atoms with E-state index in [1.807, 2.05) is 0 Å². The molecule has 84 valence electrons. The summed E-state index contributed by atoms with van der Waals surface area (Å²) >= 11 is 3.09. The molecule has 0 aromatic carbocycles. The molecule has 0 fully saturated rings. The van der Waals surface area contributed by atoms with Crippen LogP contribution in [-0.4, -0.2) is 22.2 Å². The van der Waals surface area contributed by atoms with E-state index in [9.17, 15) is 9.59 Å². The van der Waals surface area contributed by atoms with Gasteiger partial charge in [0.2, 0.25) is 5.91 Å². The molecule has 16 heavy (non-hydrogen) atoms. The first-order chi connectivity index (χ1) is 7.56. The molecule has 0 spiro atoms. The van der Waals surface area contributed by atoms with Gasteiger partial charge in [0.1, 0.15) is 11.0 Å². The van der Waals surface area contributed by atoms with Crippen LogP contribution in [-0.2, 0) is 11.3 Å². The number of nitrogens with one attached hydrogen (secondary N) is 1. The van der Waals surface area contributed by atoms with E-state index in [-0.39, 0.29) is 23.1 Å². The van der Waals surface area contributed by atoms with Crippen molar-refractivity contribution in [3.8, 4) is 12.3 Å². The van der Waals surface area contributed by atoms with Gasteiger partial charge in [0.15, 0.2) is 0 Å². The average Bonchev–Trinajstić information content (AvgIpc) is 2.24. The first kappa shape index (κ1) is 12.3. The van der Waals surface area contributed by atoms with Gasteiger partial charge in [-0.2, -0.15) is 5.10 Å². The molecule has 1 aromatic rings. The molecule has 1 aromatic heterocycles. The third-order valence-electron chi connectivity index (χ3n) is 1.68. The van der Waals surface area contributed by atoms with E-state index >= 15 is 0 Å². The fourth-order valence-corrected chi connectivity index (χ4v) is 1.42. The summed E-state index contributed by atoms with van der Waals surface area (Å²) in [5.74, 6) is 1.78. The molecular weight excluding hydrogens is 276 g/mol. The summed E-state index contributed by atoms with van der Waals surface area (Å²) in [7, 11) is 0. The van der Waals surface area contributed by atoms with Crippen molar-refractivity contribution in [1.82, 2.24) is 9.78 Å². The summed E-state index contributed by atoms with van der Waals surface area (Å²) in [6.45, 7) is 0.0202. The molecule has 0 saturated heterocycles. The van der Waals surface area contributed by atoms with Crippen molar-refractivity contribution in [3.05, 3.63) is 21.0 Å². The van der Waals surface area contributed by atoms with Crippen LogP contribution >= 0.6 is 15.9 Å². The van der Waals surface area contributed by atoms with Crippen LogP contribution < -0.4 is 16.6 Å². The fourth-order valence-electron chi connectivity index (χ4n) is 0.970. The van der Waals surface area contributed by atoms with Crippen molar-refractivity contribution >= 4 is 27.5 Å². The third-order valence-corrected chi connectivity index (χ3v) is 2.45. The zero-order valence-electron chi connectivity index (χ0n) is 8.24. The van der Waals surface area contributed by atoms with Gasteiger partial charge in [-0.25, -0.2) is 4.68 Å². The van der Waals surface area contributed by atoms with Crippen LogP contribution in [0.2, 0.25) is 0 Å². The number of hydrogen-bond acceptors (Lipinski definition) is 4. The number of anilines is 1. The van der Waals surface area contributed by atoms with Gasteiger partial charge in [-0.05, 0) is 15.9 Å². The summed E-state index contributed by atoms with van der Waals surface area (Å²) < 4.78 is 1.39. The SMILES string of the molecule is C#CCn1ncc(NCC(N)=O)c(Br)c1=O. The summed E-state index contributed by atoms with van der Waals surface area (Å²) in [5, 5.41) is 6.50. The molecule has 3 N–H and O–H groups in total. The Morgan fingerprint density at radius 3 is 3.00 bits per heavy atom. The number of rotatable bonds is 4. The first-order valence-electron chi connectivity index (χ1n) is 4.27. The molecule has 0 atom stereocenters. The van der Waals surface area contributed by atoms with Crippen LogP contribution in [0.4, 0.5) is 5.69 Å². The molecular formula is C9H9BrN4O2. The number of halogens is 1. The number of hydrogen-bond donors (Lipinski definition) is 2. The highest BCUT2D eigenvalue weighted by molar-refractivity contribution is 9.10. The minimum Gasteiger partial charge on any atom is -0.374 e. The lowest BCUT2D eigenvalue weighted by Gasteiger charge is -2.07. The molecule has 0 aliphatic rings. The Morgan fingerprint density at radius 2 is 2.44 bits per heavy atom. The smallest absolute Gasteiger partial charge is 0.284 e. The Kier molecular flexibility index (Phi) is 4.08. The van der Waals surface area contributed by atoms with Gasteiger partial charge in [-0.3, -0.25) is 9.59 Å². The van der Waals surface area contributed by atoms with Gasteiger partial charge in [0.25, 0.3) is 5.56 Å². The number of aromatic nitrogens is 2. The number of nitrogens with two attached hydrogens (primary N) is 1. The topological polar surface area (TPSA) is 90.0 Å². The summed E-state index contributed by atoms with van der Waals surface area (Å²) in [6, 6.07) is 0. The van der Waals surface area contributed by atoms with E-state index in [0.717, 1.165) is 4.68 Å². The molecule has 0 bridgehead atoms. The summed E-state index contributed by atoms with van der Waals surface area (Å²) in [4.78, 5) is 22.2. The molecule has 0 aliphatic heterocycles. The highest BCUT2D eigenvalue weighted by Gasteiger charge is 2.08. The van der Waals surface area contributed by atoms with E-state index in [0.29, 0.717) is 5.69 Å². The zero-order chi connectivity index (χ0) is 12.1. The Bertz CT molecular complexity index is 503. The number of carbonyl (C=O) groups excluding carboxylic acids is 1. The standard InChI is InChI=1S/C9H9BrN4O2/c1-2-3-14-9(16)8(10)6(4-13-14)12-5-7(11)15/h1,4,12H,3,5H2,(H2,11,15). The highest BCUT2D eigenvalue weighted by atomic mass is 79.9. The highest BCUT2D eigenvalue weighted by Crippen LogP contribution is 2.15. The van der Waals surface area contributed by atoms with Crippen molar-refractivity contribution in [1.29, 1.82) is 0 Å². The normalized spacial score (nSPS) is 9.50. The molecule has 0 saturated carbocycles. The maximum Gasteiger partial charge on any atom is 0.284 e. The molecule has 0 aliphatic carbocycles. The van der Waals surface area contributed by atoms with E-state index in [2.05, 4.69) is 32.3 Å². The summed E-state index contributed by atoms with van der Waals surface area (Å²) in [6.07, 6.45) is 6.47. The van der Waals surface area contributed by atoms with Crippen molar-refractivity contribution in [2.24, 2.45) is 5.73 Å². The van der Waals surface area contributed by atoms with Crippen LogP contribution in [0.3, 0.4) is 0 Å². The molecule has 1 rings (SSSR count). The number of terminal acetylenes is 1. The summed E-state index contributed by atoms with van der Waals surface area (Å²) in [5.41, 5.74) is 4.99. The number of nitrogens with zero attached hydrogens (tertiary/aromatic N) is 2. The van der Waals surface area contributed by atoms with E-state index < -0.39 is 5.91 Å². The van der Waals surface area contributed by atoms with Crippen LogP contribution in [0, 0.1) is 12.3 Å². The number of amides is 1. The fraction of sp³-hybridized carbons (Fsp3) is 0.222. The second kappa shape index (κ2) is 5.32. The van der Waals surface area contributed by atoms with Gasteiger partial charge in [0.05, 0.1) is 18.4 Å². The van der Waals surface area contributed by atoms with Gasteiger partial charge in [-0.15, -0.1) is 6.42 Å². The minimum atomic E-state index is -0.528. The predicted molar refractivity (Wildman–Crippen MR) is 62.7 cm³/mol. The van der Waals surface area contributed by atoms with Crippen LogP contribution in [0.25, 0.3) is 0 Å². The maximum atomic E-state index is 11.6. The van der Waals surface area contributed by atoms with Crippen LogP contribution in [0.5, 0.6) is 0 Å². The van der Waals surface area contributed by atoms with Gasteiger partial charge < -0.3 is 11.1 Å². The van der Waals surface area contributed by atoms with E-state index in [1.165, 1.54) is 6.20 Å². The van der Waals surface area contributed by atoms with E-state index in [1.54, 1.807) is 0 Å². The Hall–Kier alpha value is -1.81. The van der Waals surface area contributed by atoms with Crippen molar-refractivity contribution in [2.75, 3.05) is 11.9 Å². The molecule has 7 heteroatoms. The van der Waals surface area contributed by atoms with Gasteiger partial charge in [-0.1, -0.05) is 5.92 Å². The van der Waals surface area contributed by atoms with Crippen molar-refractivity contribution < 1.29 is 4.79 Å². The third kappa shape index (κ3) is 2.84. The maximum absolute atomic E-state index is 11.6. The molecule has 1 amide bonds. The Balaban J connectivity index is 2.99. The second-order valence-corrected chi connectivity index (χ2v) is 3.65. The molecule has 0 radical (unpaired) electrons. The second-order valence-electron chi connectivity index (χ2n) is 2.86. The van der Waals surface area contributed by atoms with Gasteiger partial charge in [0, 0.05) is 0 Å². The number of carbonyl (C=O) groups is 1. The largest absolute Gasteiger partial charge is 0.374 e. The minimum absolute atomic E-state index is 0.0706. The molecule has 1 heterocycles. The van der Waals surface area contributed by atoms with E-state index in [4.69, 9.17) is 12.2 Å².